The number of carbonyl (C=O) groups is 1. The summed E-state index contributed by atoms with van der Waals surface area (Å²) in [5.74, 6) is 0.970. The Bertz CT molecular complexity index is 1230. The molecule has 8 nitrogen and oxygen atoms in total. The van der Waals surface area contributed by atoms with Crippen LogP contribution in [0.5, 0.6) is 0 Å². The Morgan fingerprint density at radius 1 is 1.12 bits per heavy atom. The SMILES string of the molecule is Cc1cccc(NS(=O)(=O)c2cccc(C(=O)NC(c3nc(C4CC4)no3)C(C)C)c2)c1. The first-order chi connectivity index (χ1) is 15.2. The highest BCUT2D eigenvalue weighted by Gasteiger charge is 2.32. The number of aryl methyl sites for hydroxylation is 1. The molecule has 1 fully saturated rings. The zero-order valence-corrected chi connectivity index (χ0v) is 19.0. The number of hydrogen-bond acceptors (Lipinski definition) is 6. The van der Waals surface area contributed by atoms with Crippen LogP contribution in [0.2, 0.25) is 0 Å². The number of anilines is 1. The number of carbonyl (C=O) groups excluding carboxylic acids is 1. The first-order valence-corrected chi connectivity index (χ1v) is 12.0. The van der Waals surface area contributed by atoms with Crippen LogP contribution >= 0.6 is 0 Å². The normalized spacial score (nSPS) is 14.9. The number of amides is 1. The van der Waals surface area contributed by atoms with E-state index in [-0.39, 0.29) is 16.4 Å². The van der Waals surface area contributed by atoms with Crippen LogP contribution < -0.4 is 10.0 Å². The third-order valence-electron chi connectivity index (χ3n) is 5.30. The summed E-state index contributed by atoms with van der Waals surface area (Å²) in [7, 11) is -3.85. The fourth-order valence-corrected chi connectivity index (χ4v) is 4.44. The van der Waals surface area contributed by atoms with E-state index in [9.17, 15) is 13.2 Å². The minimum atomic E-state index is -3.85. The summed E-state index contributed by atoms with van der Waals surface area (Å²) >= 11 is 0. The molecule has 2 aromatic carbocycles. The van der Waals surface area contributed by atoms with Gasteiger partial charge >= 0.3 is 0 Å². The molecule has 0 aliphatic heterocycles. The largest absolute Gasteiger partial charge is 0.340 e. The molecule has 1 aliphatic carbocycles. The molecule has 1 heterocycles. The highest BCUT2D eigenvalue weighted by molar-refractivity contribution is 7.92. The molecular formula is C23H26N4O4S. The van der Waals surface area contributed by atoms with Gasteiger partial charge in [0.1, 0.15) is 6.04 Å². The van der Waals surface area contributed by atoms with Crippen molar-refractivity contribution in [3.63, 3.8) is 0 Å². The van der Waals surface area contributed by atoms with E-state index in [0.29, 0.717) is 23.3 Å². The highest BCUT2D eigenvalue weighted by Crippen LogP contribution is 2.38. The van der Waals surface area contributed by atoms with Crippen LogP contribution in [0.15, 0.2) is 57.9 Å². The number of sulfonamides is 1. The molecule has 1 atom stereocenters. The predicted octanol–water partition coefficient (Wildman–Crippen LogP) is 4.18. The molecule has 168 valence electrons. The molecule has 2 N–H and O–H groups in total. The lowest BCUT2D eigenvalue weighted by atomic mass is 10.0. The number of hydrogen-bond donors (Lipinski definition) is 2. The number of aromatic nitrogens is 2. The van der Waals surface area contributed by atoms with E-state index in [1.165, 1.54) is 12.1 Å². The molecule has 1 aromatic heterocycles. The van der Waals surface area contributed by atoms with Gasteiger partial charge in [-0.15, -0.1) is 0 Å². The van der Waals surface area contributed by atoms with E-state index in [2.05, 4.69) is 20.2 Å². The average molecular weight is 455 g/mol. The average Bonchev–Trinajstić information content (AvgIpc) is 3.49. The summed E-state index contributed by atoms with van der Waals surface area (Å²) in [6.45, 7) is 5.77. The summed E-state index contributed by atoms with van der Waals surface area (Å²) < 4.78 is 33.6. The summed E-state index contributed by atoms with van der Waals surface area (Å²) in [5, 5.41) is 6.94. The van der Waals surface area contributed by atoms with Gasteiger partial charge in [0.2, 0.25) is 5.89 Å². The zero-order chi connectivity index (χ0) is 22.9. The lowest BCUT2D eigenvalue weighted by Crippen LogP contribution is -2.32. The molecule has 0 saturated heterocycles. The van der Waals surface area contributed by atoms with Gasteiger partial charge < -0.3 is 9.84 Å². The molecule has 1 amide bonds. The van der Waals surface area contributed by atoms with Gasteiger partial charge in [0.05, 0.1) is 4.90 Å². The molecule has 0 bridgehead atoms. The van der Waals surface area contributed by atoms with Crippen molar-refractivity contribution in [1.82, 2.24) is 15.5 Å². The van der Waals surface area contributed by atoms with Crippen molar-refractivity contribution in [2.24, 2.45) is 5.92 Å². The van der Waals surface area contributed by atoms with Gasteiger partial charge in [0.15, 0.2) is 5.82 Å². The van der Waals surface area contributed by atoms with Crippen LogP contribution in [0.25, 0.3) is 0 Å². The Morgan fingerprint density at radius 2 is 1.88 bits per heavy atom. The molecular weight excluding hydrogens is 428 g/mol. The van der Waals surface area contributed by atoms with Crippen LogP contribution in [-0.2, 0) is 10.0 Å². The smallest absolute Gasteiger partial charge is 0.261 e. The van der Waals surface area contributed by atoms with Gasteiger partial charge in [-0.1, -0.05) is 37.2 Å². The van der Waals surface area contributed by atoms with Crippen molar-refractivity contribution >= 4 is 21.6 Å². The van der Waals surface area contributed by atoms with E-state index in [0.717, 1.165) is 18.4 Å². The van der Waals surface area contributed by atoms with Crippen molar-refractivity contribution in [3.8, 4) is 0 Å². The monoisotopic (exact) mass is 454 g/mol. The topological polar surface area (TPSA) is 114 Å². The summed E-state index contributed by atoms with van der Waals surface area (Å²) in [6.07, 6.45) is 2.10. The third kappa shape index (κ3) is 4.99. The number of benzene rings is 2. The van der Waals surface area contributed by atoms with Crippen molar-refractivity contribution in [2.75, 3.05) is 4.72 Å². The maximum Gasteiger partial charge on any atom is 0.261 e. The zero-order valence-electron chi connectivity index (χ0n) is 18.2. The van der Waals surface area contributed by atoms with Crippen molar-refractivity contribution in [2.45, 2.75) is 50.5 Å². The second-order valence-electron chi connectivity index (χ2n) is 8.46. The Labute approximate surface area is 187 Å². The molecule has 32 heavy (non-hydrogen) atoms. The van der Waals surface area contributed by atoms with E-state index >= 15 is 0 Å². The Morgan fingerprint density at radius 3 is 2.56 bits per heavy atom. The minimum Gasteiger partial charge on any atom is -0.340 e. The Balaban J connectivity index is 1.52. The minimum absolute atomic E-state index is 0.00125. The molecule has 1 aliphatic rings. The van der Waals surface area contributed by atoms with E-state index in [1.807, 2.05) is 26.8 Å². The highest BCUT2D eigenvalue weighted by atomic mass is 32.2. The Kier molecular flexibility index (Phi) is 6.01. The fourth-order valence-electron chi connectivity index (χ4n) is 3.35. The van der Waals surface area contributed by atoms with Crippen LogP contribution in [0.1, 0.15) is 66.3 Å². The van der Waals surface area contributed by atoms with Gasteiger partial charge in [-0.3, -0.25) is 9.52 Å². The second kappa shape index (κ2) is 8.74. The van der Waals surface area contributed by atoms with E-state index < -0.39 is 22.0 Å². The van der Waals surface area contributed by atoms with Gasteiger partial charge in [0.25, 0.3) is 15.9 Å². The van der Waals surface area contributed by atoms with E-state index in [1.54, 1.807) is 30.3 Å². The van der Waals surface area contributed by atoms with Crippen molar-refractivity contribution in [1.29, 1.82) is 0 Å². The lowest BCUT2D eigenvalue weighted by molar-refractivity contribution is 0.0913. The van der Waals surface area contributed by atoms with Crippen LogP contribution in [0.4, 0.5) is 5.69 Å². The Hall–Kier alpha value is -3.20. The number of nitrogens with zero attached hydrogens (tertiary/aromatic N) is 2. The second-order valence-corrected chi connectivity index (χ2v) is 10.1. The van der Waals surface area contributed by atoms with Gasteiger partial charge in [-0.2, -0.15) is 4.98 Å². The molecule has 0 spiro atoms. The lowest BCUT2D eigenvalue weighted by Gasteiger charge is -2.18. The standard InChI is InChI=1S/C23H26N4O4S/c1-14(2)20(23-25-21(26-31-23)16-10-11-16)24-22(28)17-7-5-9-19(13-17)32(29,30)27-18-8-4-6-15(3)12-18/h4-9,12-14,16,20,27H,10-11H2,1-3H3,(H,24,28). The van der Waals surface area contributed by atoms with Crippen LogP contribution in [0.3, 0.4) is 0 Å². The summed E-state index contributed by atoms with van der Waals surface area (Å²) in [6, 6.07) is 12.5. The van der Waals surface area contributed by atoms with Gasteiger partial charge in [-0.05, 0) is 61.6 Å². The molecule has 4 rings (SSSR count). The molecule has 1 unspecified atom stereocenters. The van der Waals surface area contributed by atoms with Gasteiger partial charge in [0, 0.05) is 17.2 Å². The van der Waals surface area contributed by atoms with Gasteiger partial charge in [-0.25, -0.2) is 8.42 Å². The molecule has 1 saturated carbocycles. The number of nitrogens with one attached hydrogen (secondary N) is 2. The first kappa shape index (κ1) is 22.0. The molecule has 9 heteroatoms. The first-order valence-electron chi connectivity index (χ1n) is 10.6. The van der Waals surface area contributed by atoms with Crippen LogP contribution in [-0.4, -0.2) is 24.5 Å². The molecule has 0 radical (unpaired) electrons. The van der Waals surface area contributed by atoms with Crippen molar-refractivity contribution in [3.05, 3.63) is 71.4 Å². The third-order valence-corrected chi connectivity index (χ3v) is 6.68. The van der Waals surface area contributed by atoms with Crippen LogP contribution in [0, 0.1) is 12.8 Å². The quantitative estimate of drug-likeness (QED) is 0.528. The summed E-state index contributed by atoms with van der Waals surface area (Å²) in [4.78, 5) is 17.4. The van der Waals surface area contributed by atoms with E-state index in [4.69, 9.17) is 4.52 Å². The number of rotatable bonds is 8. The maximum absolute atomic E-state index is 13.0. The molecule has 3 aromatic rings. The fraction of sp³-hybridized carbons (Fsp3) is 0.348. The predicted molar refractivity (Wildman–Crippen MR) is 120 cm³/mol. The maximum atomic E-state index is 13.0. The van der Waals surface area contributed by atoms with Crippen molar-refractivity contribution < 1.29 is 17.7 Å². The summed E-state index contributed by atoms with van der Waals surface area (Å²) in [5.41, 5.74) is 1.62.